The van der Waals surface area contributed by atoms with Gasteiger partial charge >= 0.3 is 0 Å². The Morgan fingerprint density at radius 2 is 1.57 bits per heavy atom. The summed E-state index contributed by atoms with van der Waals surface area (Å²) in [4.78, 5) is -0.0639. The van der Waals surface area contributed by atoms with Gasteiger partial charge in [-0.25, -0.2) is 0 Å². The van der Waals surface area contributed by atoms with E-state index in [9.17, 15) is 0 Å². The van der Waals surface area contributed by atoms with Crippen molar-refractivity contribution < 1.29 is 14.2 Å². The highest BCUT2D eigenvalue weighted by atomic mass is 79.9. The Labute approximate surface area is 137 Å². The average Bonchev–Trinajstić information content (AvgIpc) is 2.53. The van der Waals surface area contributed by atoms with Gasteiger partial charge in [0.15, 0.2) is 0 Å². The number of hydrogen-bond acceptors (Lipinski definition) is 3. The van der Waals surface area contributed by atoms with Gasteiger partial charge in [0.1, 0.15) is 17.2 Å². The first-order valence-electron chi connectivity index (χ1n) is 6.30. The van der Waals surface area contributed by atoms with Crippen LogP contribution in [0.4, 0.5) is 0 Å². The molecule has 2 rings (SSSR count). The molecule has 0 aliphatic carbocycles. The molecule has 1 atom stereocenters. The van der Waals surface area contributed by atoms with Crippen LogP contribution in [0.3, 0.4) is 0 Å². The summed E-state index contributed by atoms with van der Waals surface area (Å²) in [6.07, 6.45) is 0. The lowest BCUT2D eigenvalue weighted by molar-refractivity contribution is 0.399. The van der Waals surface area contributed by atoms with E-state index in [0.717, 1.165) is 22.6 Å². The molecule has 0 heterocycles. The van der Waals surface area contributed by atoms with Gasteiger partial charge in [0.25, 0.3) is 0 Å². The molecule has 112 valence electrons. The molecule has 0 aliphatic heterocycles. The van der Waals surface area contributed by atoms with Crippen LogP contribution < -0.4 is 14.2 Å². The molecule has 2 aromatic rings. The van der Waals surface area contributed by atoms with Crippen LogP contribution in [0.2, 0.25) is 5.02 Å². The lowest BCUT2D eigenvalue weighted by atomic mass is 10.0. The highest BCUT2D eigenvalue weighted by molar-refractivity contribution is 9.09. The van der Waals surface area contributed by atoms with Crippen molar-refractivity contribution >= 4 is 27.5 Å². The largest absolute Gasteiger partial charge is 0.497 e. The van der Waals surface area contributed by atoms with E-state index >= 15 is 0 Å². The predicted molar refractivity (Wildman–Crippen MR) is 88.3 cm³/mol. The summed E-state index contributed by atoms with van der Waals surface area (Å²) in [6, 6.07) is 11.4. The molecule has 0 aromatic heterocycles. The van der Waals surface area contributed by atoms with Crippen molar-refractivity contribution in [1.29, 1.82) is 0 Å². The van der Waals surface area contributed by atoms with E-state index in [4.69, 9.17) is 25.8 Å². The van der Waals surface area contributed by atoms with Crippen LogP contribution in [-0.4, -0.2) is 21.3 Å². The minimum Gasteiger partial charge on any atom is -0.497 e. The highest BCUT2D eigenvalue weighted by Crippen LogP contribution is 2.40. The summed E-state index contributed by atoms with van der Waals surface area (Å²) < 4.78 is 15.9. The molecule has 1 unspecified atom stereocenters. The Balaban J connectivity index is 2.43. The Morgan fingerprint density at radius 3 is 2.14 bits per heavy atom. The molecule has 0 amide bonds. The molecule has 0 saturated carbocycles. The number of alkyl halides is 1. The van der Waals surface area contributed by atoms with Crippen LogP contribution in [0.1, 0.15) is 16.0 Å². The Hall–Kier alpha value is -1.39. The molecule has 0 fully saturated rings. The fraction of sp³-hybridized carbons (Fsp3) is 0.250. The zero-order valence-corrected chi connectivity index (χ0v) is 14.4. The Bertz CT molecular complexity index is 631. The molecule has 0 bridgehead atoms. The zero-order valence-electron chi connectivity index (χ0n) is 12.0. The van der Waals surface area contributed by atoms with Gasteiger partial charge in [0.05, 0.1) is 31.2 Å². The van der Waals surface area contributed by atoms with Gasteiger partial charge in [-0.15, -0.1) is 0 Å². The standard InChI is InChI=1S/C16H16BrClO3/c1-19-11-5-7-14(20-2)12(9-11)16(17)10-4-6-15(21-3)13(18)8-10/h4-9,16H,1-3H3. The van der Waals surface area contributed by atoms with Gasteiger partial charge in [0.2, 0.25) is 0 Å². The van der Waals surface area contributed by atoms with Crippen molar-refractivity contribution in [2.45, 2.75) is 4.83 Å². The smallest absolute Gasteiger partial charge is 0.137 e. The van der Waals surface area contributed by atoms with Crippen molar-refractivity contribution in [2.75, 3.05) is 21.3 Å². The third-order valence-electron chi connectivity index (χ3n) is 3.18. The number of rotatable bonds is 5. The fourth-order valence-electron chi connectivity index (χ4n) is 2.06. The van der Waals surface area contributed by atoms with Gasteiger partial charge in [0, 0.05) is 5.56 Å². The number of methoxy groups -OCH3 is 3. The second-order valence-electron chi connectivity index (χ2n) is 4.36. The lowest BCUT2D eigenvalue weighted by Crippen LogP contribution is -1.98. The normalized spacial score (nSPS) is 11.9. The molecule has 0 radical (unpaired) electrons. The third-order valence-corrected chi connectivity index (χ3v) is 4.50. The van der Waals surface area contributed by atoms with Crippen molar-refractivity contribution in [3.63, 3.8) is 0 Å². The molecule has 2 aromatic carbocycles. The van der Waals surface area contributed by atoms with Crippen LogP contribution in [-0.2, 0) is 0 Å². The molecular weight excluding hydrogens is 356 g/mol. The lowest BCUT2D eigenvalue weighted by Gasteiger charge is -2.16. The predicted octanol–water partition coefficient (Wildman–Crippen LogP) is 4.85. The Morgan fingerprint density at radius 1 is 0.905 bits per heavy atom. The van der Waals surface area contributed by atoms with Crippen molar-refractivity contribution in [1.82, 2.24) is 0 Å². The monoisotopic (exact) mass is 370 g/mol. The molecule has 0 saturated heterocycles. The molecule has 0 N–H and O–H groups in total. The maximum Gasteiger partial charge on any atom is 0.137 e. The second kappa shape index (κ2) is 7.05. The SMILES string of the molecule is COc1ccc(OC)c(C(Br)c2ccc(OC)c(Cl)c2)c1. The molecule has 0 aliphatic rings. The third kappa shape index (κ3) is 3.44. The molecule has 5 heteroatoms. The van der Waals surface area contributed by atoms with Crippen LogP contribution in [0.15, 0.2) is 36.4 Å². The van der Waals surface area contributed by atoms with Gasteiger partial charge in [-0.3, -0.25) is 0 Å². The first-order chi connectivity index (χ1) is 10.1. The summed E-state index contributed by atoms with van der Waals surface area (Å²) in [5, 5.41) is 0.571. The molecule has 21 heavy (non-hydrogen) atoms. The maximum absolute atomic E-state index is 6.19. The van der Waals surface area contributed by atoms with E-state index in [1.54, 1.807) is 21.3 Å². The first kappa shape index (κ1) is 16.0. The van der Waals surface area contributed by atoms with Crippen molar-refractivity contribution in [3.8, 4) is 17.2 Å². The van der Waals surface area contributed by atoms with Crippen LogP contribution >= 0.6 is 27.5 Å². The highest BCUT2D eigenvalue weighted by Gasteiger charge is 2.17. The first-order valence-corrected chi connectivity index (χ1v) is 7.59. The quantitative estimate of drug-likeness (QED) is 0.703. The van der Waals surface area contributed by atoms with E-state index in [1.165, 1.54) is 0 Å². The summed E-state index contributed by atoms with van der Waals surface area (Å²) in [5.74, 6) is 2.21. The zero-order chi connectivity index (χ0) is 15.4. The van der Waals surface area contributed by atoms with Crippen LogP contribution in [0.25, 0.3) is 0 Å². The molecule has 3 nitrogen and oxygen atoms in total. The number of halogens is 2. The van der Waals surface area contributed by atoms with Crippen molar-refractivity contribution in [3.05, 3.63) is 52.5 Å². The fourth-order valence-corrected chi connectivity index (χ4v) is 2.97. The van der Waals surface area contributed by atoms with Crippen LogP contribution in [0, 0.1) is 0 Å². The number of hydrogen-bond donors (Lipinski definition) is 0. The average molecular weight is 372 g/mol. The summed E-state index contributed by atoms with van der Waals surface area (Å²) in [6.45, 7) is 0. The van der Waals surface area contributed by atoms with Gasteiger partial charge in [-0.05, 0) is 35.9 Å². The summed E-state index contributed by atoms with van der Waals surface area (Å²) in [7, 11) is 4.88. The second-order valence-corrected chi connectivity index (χ2v) is 5.69. The van der Waals surface area contributed by atoms with Crippen LogP contribution in [0.5, 0.6) is 17.2 Å². The number of ether oxygens (including phenoxy) is 3. The topological polar surface area (TPSA) is 27.7 Å². The molecule has 0 spiro atoms. The van der Waals surface area contributed by atoms with E-state index in [1.807, 2.05) is 36.4 Å². The summed E-state index contributed by atoms with van der Waals surface area (Å²) in [5.41, 5.74) is 1.98. The van der Waals surface area contributed by atoms with E-state index in [0.29, 0.717) is 10.8 Å². The number of benzene rings is 2. The van der Waals surface area contributed by atoms with E-state index in [2.05, 4.69) is 15.9 Å². The minimum absolute atomic E-state index is 0.0639. The summed E-state index contributed by atoms with van der Waals surface area (Å²) >= 11 is 9.89. The minimum atomic E-state index is -0.0639. The molecular formula is C16H16BrClO3. The Kier molecular flexibility index (Phi) is 5.37. The maximum atomic E-state index is 6.19. The van der Waals surface area contributed by atoms with E-state index in [-0.39, 0.29) is 4.83 Å². The van der Waals surface area contributed by atoms with E-state index < -0.39 is 0 Å². The van der Waals surface area contributed by atoms with Gasteiger partial charge < -0.3 is 14.2 Å². The van der Waals surface area contributed by atoms with Gasteiger partial charge in [-0.2, -0.15) is 0 Å². The van der Waals surface area contributed by atoms with Crippen molar-refractivity contribution in [2.24, 2.45) is 0 Å². The van der Waals surface area contributed by atoms with Gasteiger partial charge in [-0.1, -0.05) is 33.6 Å².